The molecule has 112 valence electrons. The summed E-state index contributed by atoms with van der Waals surface area (Å²) in [6.07, 6.45) is -10.6. The van der Waals surface area contributed by atoms with Gasteiger partial charge in [-0.15, -0.1) is 0 Å². The average Bonchev–Trinajstić information content (AvgIpc) is 2.25. The molecule has 0 aromatic carbocycles. The van der Waals surface area contributed by atoms with E-state index in [2.05, 4.69) is 14.7 Å². The molecule has 11 heteroatoms. The standard InChI is InChI=1S/C9H7F6N3O2/c1-2-20-6(19)3-4(8(10,11)12)17-7(9(13,14)15)18-5(3)16/h2H2,1H3,(H2,16,17,18). The summed E-state index contributed by atoms with van der Waals surface area (Å²) in [5, 5.41) is 0. The van der Waals surface area contributed by atoms with Crippen molar-refractivity contribution in [2.24, 2.45) is 0 Å². The van der Waals surface area contributed by atoms with Crippen LogP contribution in [0.4, 0.5) is 32.2 Å². The number of alkyl halides is 6. The van der Waals surface area contributed by atoms with E-state index in [1.165, 1.54) is 6.92 Å². The lowest BCUT2D eigenvalue weighted by molar-refractivity contribution is -0.152. The lowest BCUT2D eigenvalue weighted by Gasteiger charge is -2.15. The summed E-state index contributed by atoms with van der Waals surface area (Å²) < 4.78 is 79.4. The van der Waals surface area contributed by atoms with E-state index >= 15 is 0 Å². The van der Waals surface area contributed by atoms with Crippen molar-refractivity contribution in [3.63, 3.8) is 0 Å². The van der Waals surface area contributed by atoms with Gasteiger partial charge in [0.15, 0.2) is 5.69 Å². The van der Waals surface area contributed by atoms with Gasteiger partial charge < -0.3 is 10.5 Å². The van der Waals surface area contributed by atoms with E-state index in [4.69, 9.17) is 5.73 Å². The van der Waals surface area contributed by atoms with Gasteiger partial charge in [0.1, 0.15) is 11.4 Å². The summed E-state index contributed by atoms with van der Waals surface area (Å²) in [5.41, 5.74) is 1.57. The van der Waals surface area contributed by atoms with Crippen LogP contribution in [0.25, 0.3) is 0 Å². The van der Waals surface area contributed by atoms with Crippen molar-refractivity contribution in [3.05, 3.63) is 17.1 Å². The predicted molar refractivity (Wildman–Crippen MR) is 52.4 cm³/mol. The van der Waals surface area contributed by atoms with Gasteiger partial charge in [-0.2, -0.15) is 26.3 Å². The highest BCUT2D eigenvalue weighted by Crippen LogP contribution is 2.35. The number of carbonyl (C=O) groups is 1. The third-order valence-corrected chi connectivity index (χ3v) is 1.94. The van der Waals surface area contributed by atoms with Crippen molar-refractivity contribution in [1.29, 1.82) is 0 Å². The van der Waals surface area contributed by atoms with Crippen LogP contribution < -0.4 is 5.73 Å². The van der Waals surface area contributed by atoms with E-state index in [0.717, 1.165) is 0 Å². The number of hydrogen-bond acceptors (Lipinski definition) is 5. The monoisotopic (exact) mass is 303 g/mol. The molecule has 1 rings (SSSR count). The molecule has 0 unspecified atom stereocenters. The molecule has 5 nitrogen and oxygen atoms in total. The van der Waals surface area contributed by atoms with Crippen molar-refractivity contribution in [2.75, 3.05) is 12.3 Å². The van der Waals surface area contributed by atoms with Crippen LogP contribution >= 0.6 is 0 Å². The number of nitrogens with zero attached hydrogens (tertiary/aromatic N) is 2. The molecule has 1 aromatic rings. The first kappa shape index (κ1) is 16.0. The van der Waals surface area contributed by atoms with Crippen molar-refractivity contribution < 1.29 is 35.9 Å². The van der Waals surface area contributed by atoms with Crippen LogP contribution in [-0.2, 0) is 17.1 Å². The molecule has 2 N–H and O–H groups in total. The summed E-state index contributed by atoms with van der Waals surface area (Å²) in [5.74, 6) is -4.89. The van der Waals surface area contributed by atoms with Crippen LogP contribution in [0, 0.1) is 0 Å². The number of rotatable bonds is 2. The summed E-state index contributed by atoms with van der Waals surface area (Å²) in [6.45, 7) is 1.00. The Kier molecular flexibility index (Phi) is 4.10. The zero-order valence-electron chi connectivity index (χ0n) is 9.76. The summed E-state index contributed by atoms with van der Waals surface area (Å²) in [6, 6.07) is 0. The molecule has 0 spiro atoms. The van der Waals surface area contributed by atoms with E-state index in [1.807, 2.05) is 0 Å². The van der Waals surface area contributed by atoms with Crippen molar-refractivity contribution in [2.45, 2.75) is 19.3 Å². The SMILES string of the molecule is CCOC(=O)c1c(N)nc(C(F)(F)F)nc1C(F)(F)F. The zero-order valence-corrected chi connectivity index (χ0v) is 9.76. The van der Waals surface area contributed by atoms with Gasteiger partial charge in [0.05, 0.1) is 6.61 Å². The summed E-state index contributed by atoms with van der Waals surface area (Å²) in [7, 11) is 0. The number of ether oxygens (including phenoxy) is 1. The molecule has 0 aliphatic rings. The molecule has 0 saturated heterocycles. The van der Waals surface area contributed by atoms with Crippen LogP contribution in [0.2, 0.25) is 0 Å². The lowest BCUT2D eigenvalue weighted by atomic mass is 10.2. The third-order valence-electron chi connectivity index (χ3n) is 1.94. The Morgan fingerprint density at radius 1 is 1.15 bits per heavy atom. The normalized spacial score (nSPS) is 12.3. The Balaban J connectivity index is 3.56. The smallest absolute Gasteiger partial charge is 0.451 e. The molecule has 0 saturated carbocycles. The van der Waals surface area contributed by atoms with Crippen LogP contribution in [0.5, 0.6) is 0 Å². The van der Waals surface area contributed by atoms with Crippen LogP contribution in [-0.4, -0.2) is 22.5 Å². The fourth-order valence-corrected chi connectivity index (χ4v) is 1.21. The molecular weight excluding hydrogens is 296 g/mol. The fourth-order valence-electron chi connectivity index (χ4n) is 1.21. The van der Waals surface area contributed by atoms with E-state index in [0.29, 0.717) is 0 Å². The van der Waals surface area contributed by atoms with Crippen molar-refractivity contribution >= 4 is 11.8 Å². The maximum absolute atomic E-state index is 12.7. The Morgan fingerprint density at radius 3 is 2.10 bits per heavy atom. The minimum atomic E-state index is -5.32. The van der Waals surface area contributed by atoms with E-state index in [-0.39, 0.29) is 6.61 Å². The summed E-state index contributed by atoms with van der Waals surface area (Å²) in [4.78, 5) is 16.3. The Labute approximate surface area is 107 Å². The molecule has 1 heterocycles. The van der Waals surface area contributed by atoms with Crippen molar-refractivity contribution in [3.8, 4) is 0 Å². The van der Waals surface area contributed by atoms with Gasteiger partial charge in [0, 0.05) is 0 Å². The number of halogens is 6. The number of esters is 1. The Bertz CT molecular complexity index is 526. The zero-order chi connectivity index (χ0) is 15.7. The summed E-state index contributed by atoms with van der Waals surface area (Å²) >= 11 is 0. The molecule has 0 fully saturated rings. The van der Waals surface area contributed by atoms with Gasteiger partial charge in [-0.25, -0.2) is 14.8 Å². The second-order valence-corrected chi connectivity index (χ2v) is 3.37. The topological polar surface area (TPSA) is 78.1 Å². The molecule has 0 atom stereocenters. The predicted octanol–water partition coefficient (Wildman–Crippen LogP) is 2.27. The molecule has 0 radical (unpaired) electrons. The first-order chi connectivity index (χ1) is 8.98. The average molecular weight is 303 g/mol. The molecule has 0 aliphatic heterocycles. The lowest BCUT2D eigenvalue weighted by Crippen LogP contribution is -2.24. The Hall–Kier alpha value is -2.07. The van der Waals surface area contributed by atoms with Crippen LogP contribution in [0.1, 0.15) is 28.8 Å². The second-order valence-electron chi connectivity index (χ2n) is 3.37. The second kappa shape index (κ2) is 5.13. The van der Waals surface area contributed by atoms with Gasteiger partial charge >= 0.3 is 18.3 Å². The molecular formula is C9H7F6N3O2. The van der Waals surface area contributed by atoms with Gasteiger partial charge in [-0.3, -0.25) is 0 Å². The number of aromatic nitrogens is 2. The maximum Gasteiger partial charge on any atom is 0.451 e. The van der Waals surface area contributed by atoms with Gasteiger partial charge in [-0.1, -0.05) is 0 Å². The maximum atomic E-state index is 12.7. The number of hydrogen-bond donors (Lipinski definition) is 1. The molecule has 1 aromatic heterocycles. The van der Waals surface area contributed by atoms with E-state index in [9.17, 15) is 31.1 Å². The minimum absolute atomic E-state index is 0.295. The van der Waals surface area contributed by atoms with E-state index < -0.39 is 41.2 Å². The fraction of sp³-hybridized carbons (Fsp3) is 0.444. The molecule has 20 heavy (non-hydrogen) atoms. The highest BCUT2D eigenvalue weighted by molar-refractivity contribution is 5.95. The van der Waals surface area contributed by atoms with Crippen LogP contribution in [0.3, 0.4) is 0 Å². The number of nitrogens with two attached hydrogens (primary N) is 1. The molecule has 0 bridgehead atoms. The Morgan fingerprint density at radius 2 is 1.70 bits per heavy atom. The third kappa shape index (κ3) is 3.27. The van der Waals surface area contributed by atoms with Crippen LogP contribution in [0.15, 0.2) is 0 Å². The number of anilines is 1. The highest BCUT2D eigenvalue weighted by atomic mass is 19.4. The number of nitrogen functional groups attached to an aromatic ring is 1. The van der Waals surface area contributed by atoms with Gasteiger partial charge in [-0.05, 0) is 6.92 Å². The minimum Gasteiger partial charge on any atom is -0.462 e. The first-order valence-corrected chi connectivity index (χ1v) is 4.97. The highest BCUT2D eigenvalue weighted by Gasteiger charge is 2.44. The quantitative estimate of drug-likeness (QED) is 0.670. The van der Waals surface area contributed by atoms with Crippen molar-refractivity contribution in [1.82, 2.24) is 9.97 Å². The molecule has 0 amide bonds. The molecule has 0 aliphatic carbocycles. The largest absolute Gasteiger partial charge is 0.462 e. The first-order valence-electron chi connectivity index (χ1n) is 4.97. The van der Waals surface area contributed by atoms with Gasteiger partial charge in [0.25, 0.3) is 0 Å². The van der Waals surface area contributed by atoms with Gasteiger partial charge in [0.2, 0.25) is 5.82 Å². The number of carbonyl (C=O) groups excluding carboxylic acids is 1. The van der Waals surface area contributed by atoms with E-state index in [1.54, 1.807) is 0 Å².